The molecule has 0 aromatic rings. The van der Waals surface area contributed by atoms with E-state index in [1.807, 2.05) is 0 Å². The predicted octanol–water partition coefficient (Wildman–Crippen LogP) is -1.73. The molecule has 5 heteroatoms. The molecule has 0 unspecified atom stereocenters. The molecule has 0 aliphatic heterocycles. The topological polar surface area (TPSA) is 58.2 Å². The standard InChI is InChI=1S/C3H9NOSi.C3H7NO/c1-4-3(5)2-6;1-3(5)4-2/h2H2,1,6H3,(H,4,5);1-2H3,(H,4,5). The van der Waals surface area contributed by atoms with Gasteiger partial charge in [0.2, 0.25) is 11.8 Å². The van der Waals surface area contributed by atoms with Gasteiger partial charge in [0.25, 0.3) is 0 Å². The van der Waals surface area contributed by atoms with Crippen molar-refractivity contribution in [3.8, 4) is 0 Å². The molecule has 0 atom stereocenters. The van der Waals surface area contributed by atoms with Crippen molar-refractivity contribution in [2.45, 2.75) is 13.0 Å². The molecule has 2 N–H and O–H groups in total. The lowest BCUT2D eigenvalue weighted by molar-refractivity contribution is -0.119. The smallest absolute Gasteiger partial charge is 0.216 e. The highest BCUT2D eigenvalue weighted by molar-refractivity contribution is 6.19. The first-order valence-electron chi connectivity index (χ1n) is 3.47. The van der Waals surface area contributed by atoms with Crippen LogP contribution in [0.2, 0.25) is 6.04 Å². The average Bonchev–Trinajstić information content (AvgIpc) is 2.04. The molecule has 2 amide bonds. The van der Waals surface area contributed by atoms with E-state index in [0.29, 0.717) is 0 Å². The van der Waals surface area contributed by atoms with Gasteiger partial charge in [-0.25, -0.2) is 0 Å². The molecule has 0 saturated carbocycles. The number of amides is 2. The largest absolute Gasteiger partial charge is 0.359 e. The van der Waals surface area contributed by atoms with Gasteiger partial charge in [-0.15, -0.1) is 0 Å². The van der Waals surface area contributed by atoms with E-state index in [2.05, 4.69) is 10.6 Å². The Morgan fingerprint density at radius 3 is 1.64 bits per heavy atom. The van der Waals surface area contributed by atoms with Crippen LogP contribution in [0.1, 0.15) is 6.92 Å². The maximum absolute atomic E-state index is 10.1. The van der Waals surface area contributed by atoms with Crippen molar-refractivity contribution in [2.24, 2.45) is 0 Å². The van der Waals surface area contributed by atoms with Gasteiger partial charge in [0.1, 0.15) is 0 Å². The molecule has 0 bridgehead atoms. The van der Waals surface area contributed by atoms with E-state index in [1.54, 1.807) is 14.1 Å². The van der Waals surface area contributed by atoms with Crippen LogP contribution in [0.5, 0.6) is 0 Å². The van der Waals surface area contributed by atoms with Gasteiger partial charge in [0, 0.05) is 37.3 Å². The molecule has 0 heterocycles. The monoisotopic (exact) mass is 176 g/mol. The Balaban J connectivity index is 0. The summed E-state index contributed by atoms with van der Waals surface area (Å²) in [5.41, 5.74) is 0. The zero-order chi connectivity index (χ0) is 9.28. The van der Waals surface area contributed by atoms with Crippen LogP contribution in [0.4, 0.5) is 0 Å². The van der Waals surface area contributed by atoms with Crippen LogP contribution in [0.15, 0.2) is 0 Å². The van der Waals surface area contributed by atoms with Crippen molar-refractivity contribution in [3.63, 3.8) is 0 Å². The highest BCUT2D eigenvalue weighted by Gasteiger charge is 1.84. The lowest BCUT2D eigenvalue weighted by Gasteiger charge is -1.87. The summed E-state index contributed by atoms with van der Waals surface area (Å²) < 4.78 is 0. The predicted molar refractivity (Wildman–Crippen MR) is 48.6 cm³/mol. The lowest BCUT2D eigenvalue weighted by atomic mass is 10.7. The first-order valence-corrected chi connectivity index (χ1v) is 4.88. The van der Waals surface area contributed by atoms with Crippen molar-refractivity contribution < 1.29 is 9.59 Å². The van der Waals surface area contributed by atoms with E-state index in [-0.39, 0.29) is 11.8 Å². The first kappa shape index (κ1) is 12.8. The van der Waals surface area contributed by atoms with Crippen LogP contribution in [-0.2, 0) is 9.59 Å². The summed E-state index contributed by atoms with van der Waals surface area (Å²) in [4.78, 5) is 19.8. The van der Waals surface area contributed by atoms with Gasteiger partial charge < -0.3 is 10.6 Å². The molecule has 4 nitrogen and oxygen atoms in total. The summed E-state index contributed by atoms with van der Waals surface area (Å²) in [7, 11) is 4.22. The molecule has 0 aromatic carbocycles. The third kappa shape index (κ3) is 17.6. The Labute approximate surface area is 70.2 Å². The first-order chi connectivity index (χ1) is 5.08. The molecule has 0 rings (SSSR count). The quantitative estimate of drug-likeness (QED) is 0.466. The highest BCUT2D eigenvalue weighted by atomic mass is 28.1. The third-order valence-corrected chi connectivity index (χ3v) is 1.59. The summed E-state index contributed by atoms with van der Waals surface area (Å²) in [5, 5.41) is 4.90. The zero-order valence-electron chi connectivity index (χ0n) is 7.52. The van der Waals surface area contributed by atoms with E-state index >= 15 is 0 Å². The fourth-order valence-electron chi connectivity index (χ4n) is 0.177. The van der Waals surface area contributed by atoms with E-state index in [0.717, 1.165) is 16.3 Å². The Morgan fingerprint density at radius 2 is 1.64 bits per heavy atom. The number of hydrogen-bond donors (Lipinski definition) is 2. The molecule has 0 radical (unpaired) electrons. The number of rotatable bonds is 1. The van der Waals surface area contributed by atoms with Crippen LogP contribution in [0, 0.1) is 0 Å². The zero-order valence-corrected chi connectivity index (χ0v) is 9.52. The van der Waals surface area contributed by atoms with Crippen LogP contribution in [-0.4, -0.2) is 36.2 Å². The molecule has 66 valence electrons. The van der Waals surface area contributed by atoms with Crippen LogP contribution in [0.3, 0.4) is 0 Å². The van der Waals surface area contributed by atoms with Crippen molar-refractivity contribution in [2.75, 3.05) is 14.1 Å². The van der Waals surface area contributed by atoms with E-state index in [1.165, 1.54) is 6.92 Å². The van der Waals surface area contributed by atoms with Gasteiger partial charge in [-0.05, 0) is 0 Å². The second kappa shape index (κ2) is 9.16. The minimum absolute atomic E-state index is 0.00463. The highest BCUT2D eigenvalue weighted by Crippen LogP contribution is 1.64. The molecule has 0 aromatic heterocycles. The van der Waals surface area contributed by atoms with Gasteiger partial charge in [0.05, 0.1) is 0 Å². The van der Waals surface area contributed by atoms with Crippen molar-refractivity contribution in [3.05, 3.63) is 0 Å². The van der Waals surface area contributed by atoms with E-state index in [9.17, 15) is 9.59 Å². The SMILES string of the molecule is CNC(=O)C[SiH3].CNC(C)=O. The molecular formula is C6H16N2O2Si. The average molecular weight is 176 g/mol. The van der Waals surface area contributed by atoms with Crippen molar-refractivity contribution in [1.82, 2.24) is 10.6 Å². The summed E-state index contributed by atoms with van der Waals surface area (Å²) in [6, 6.07) is 0.719. The summed E-state index contributed by atoms with van der Waals surface area (Å²) in [6.45, 7) is 1.47. The normalized spacial score (nSPS) is 7.55. The Kier molecular flexibility index (Phi) is 10.7. The Hall–Kier alpha value is -0.843. The third-order valence-electron chi connectivity index (χ3n) is 0.952. The van der Waals surface area contributed by atoms with Gasteiger partial charge in [-0.3, -0.25) is 9.59 Å². The molecule has 0 spiro atoms. The Bertz CT molecular complexity index is 122. The van der Waals surface area contributed by atoms with Crippen LogP contribution < -0.4 is 10.6 Å². The molecule has 0 fully saturated rings. The van der Waals surface area contributed by atoms with Crippen molar-refractivity contribution >= 4 is 22.1 Å². The minimum atomic E-state index is 0.00463. The van der Waals surface area contributed by atoms with E-state index < -0.39 is 0 Å². The van der Waals surface area contributed by atoms with Crippen LogP contribution >= 0.6 is 0 Å². The summed E-state index contributed by atoms with van der Waals surface area (Å²) in [6.07, 6.45) is 0. The number of carbonyl (C=O) groups is 2. The van der Waals surface area contributed by atoms with Gasteiger partial charge in [-0.1, -0.05) is 0 Å². The second-order valence-corrected chi connectivity index (χ2v) is 2.54. The second-order valence-electron chi connectivity index (χ2n) is 1.83. The number of carbonyl (C=O) groups excluding carboxylic acids is 2. The molecule has 11 heavy (non-hydrogen) atoms. The van der Waals surface area contributed by atoms with Gasteiger partial charge in [0.15, 0.2) is 0 Å². The maximum Gasteiger partial charge on any atom is 0.216 e. The summed E-state index contributed by atoms with van der Waals surface area (Å²) in [5.74, 6) is 0.159. The number of hydrogen-bond acceptors (Lipinski definition) is 2. The van der Waals surface area contributed by atoms with Gasteiger partial charge >= 0.3 is 0 Å². The summed E-state index contributed by atoms with van der Waals surface area (Å²) >= 11 is 0. The molecule has 0 aliphatic carbocycles. The molecular weight excluding hydrogens is 160 g/mol. The fourth-order valence-corrected chi connectivity index (χ4v) is 0.530. The van der Waals surface area contributed by atoms with Gasteiger partial charge in [-0.2, -0.15) is 0 Å². The fraction of sp³-hybridized carbons (Fsp3) is 0.667. The lowest BCUT2D eigenvalue weighted by Crippen LogP contribution is -2.15. The minimum Gasteiger partial charge on any atom is -0.359 e. The van der Waals surface area contributed by atoms with Crippen molar-refractivity contribution in [1.29, 1.82) is 0 Å². The maximum atomic E-state index is 10.1. The van der Waals surface area contributed by atoms with Crippen LogP contribution in [0.25, 0.3) is 0 Å². The number of nitrogens with one attached hydrogen (secondary N) is 2. The Morgan fingerprint density at radius 1 is 1.27 bits per heavy atom. The molecule has 0 saturated heterocycles. The van der Waals surface area contributed by atoms with E-state index in [4.69, 9.17) is 0 Å². The molecule has 0 aliphatic rings.